The van der Waals surface area contributed by atoms with Gasteiger partial charge >= 0.3 is 18.0 Å². The molecule has 2 amide bonds. The lowest BCUT2D eigenvalue weighted by atomic mass is 10.1. The number of nitrogens with one attached hydrogen (secondary N) is 1. The minimum Gasteiger partial charge on any atom is -0.466 e. The van der Waals surface area contributed by atoms with Crippen molar-refractivity contribution >= 4 is 18.0 Å². The summed E-state index contributed by atoms with van der Waals surface area (Å²) < 4.78 is 9.47. The molecule has 0 radical (unpaired) electrons. The van der Waals surface area contributed by atoms with Gasteiger partial charge in [0.2, 0.25) is 0 Å². The zero-order chi connectivity index (χ0) is 17.9. The Morgan fingerprint density at radius 3 is 2.33 bits per heavy atom. The van der Waals surface area contributed by atoms with Crippen molar-refractivity contribution in [3.8, 4) is 0 Å². The summed E-state index contributed by atoms with van der Waals surface area (Å²) in [4.78, 5) is 35.8. The van der Waals surface area contributed by atoms with Gasteiger partial charge in [0.05, 0.1) is 13.2 Å². The maximum atomic E-state index is 11.8. The van der Waals surface area contributed by atoms with Crippen LogP contribution < -0.4 is 5.32 Å². The third-order valence-corrected chi connectivity index (χ3v) is 3.04. The van der Waals surface area contributed by atoms with E-state index in [2.05, 4.69) is 10.1 Å². The number of ether oxygens (including phenoxy) is 2. The van der Waals surface area contributed by atoms with Crippen molar-refractivity contribution in [2.75, 3.05) is 27.8 Å². The van der Waals surface area contributed by atoms with Gasteiger partial charge in [0.25, 0.3) is 0 Å². The SMILES string of the molecule is COC(=O)/C=C/C(=O)OC[C@@H](Cc1ccccc1)NC(=O)N(C)C. The fourth-order valence-corrected chi connectivity index (χ4v) is 1.79. The summed E-state index contributed by atoms with van der Waals surface area (Å²) in [6.07, 6.45) is 2.47. The quantitative estimate of drug-likeness (QED) is 0.597. The van der Waals surface area contributed by atoms with Crippen molar-refractivity contribution in [1.29, 1.82) is 0 Å². The van der Waals surface area contributed by atoms with Gasteiger partial charge in [0.1, 0.15) is 6.61 Å². The van der Waals surface area contributed by atoms with Crippen LogP contribution in [0, 0.1) is 0 Å². The molecule has 1 aromatic carbocycles. The molecule has 0 saturated heterocycles. The molecule has 0 saturated carbocycles. The molecule has 24 heavy (non-hydrogen) atoms. The Bertz CT molecular complexity index is 584. The van der Waals surface area contributed by atoms with Gasteiger partial charge in [-0.2, -0.15) is 0 Å². The number of urea groups is 1. The number of amides is 2. The van der Waals surface area contributed by atoms with Gasteiger partial charge in [-0.05, 0) is 12.0 Å². The van der Waals surface area contributed by atoms with Crippen molar-refractivity contribution in [2.45, 2.75) is 12.5 Å². The maximum absolute atomic E-state index is 11.8. The minimum atomic E-state index is -0.683. The van der Waals surface area contributed by atoms with Crippen LogP contribution in [-0.4, -0.2) is 56.7 Å². The Hall–Kier alpha value is -2.83. The minimum absolute atomic E-state index is 0.0151. The van der Waals surface area contributed by atoms with E-state index in [4.69, 9.17) is 4.74 Å². The number of rotatable bonds is 7. The van der Waals surface area contributed by atoms with Crippen LogP contribution in [-0.2, 0) is 25.5 Å². The third-order valence-electron chi connectivity index (χ3n) is 3.04. The van der Waals surface area contributed by atoms with Crippen molar-refractivity contribution in [1.82, 2.24) is 10.2 Å². The maximum Gasteiger partial charge on any atom is 0.331 e. The van der Waals surface area contributed by atoms with Crippen molar-refractivity contribution in [3.05, 3.63) is 48.0 Å². The Morgan fingerprint density at radius 2 is 1.75 bits per heavy atom. The number of hydrogen-bond donors (Lipinski definition) is 1. The molecule has 0 fully saturated rings. The van der Waals surface area contributed by atoms with Crippen LogP contribution in [0.2, 0.25) is 0 Å². The monoisotopic (exact) mass is 334 g/mol. The topological polar surface area (TPSA) is 84.9 Å². The summed E-state index contributed by atoms with van der Waals surface area (Å²) in [7, 11) is 4.46. The second kappa shape index (κ2) is 10.0. The first-order chi connectivity index (χ1) is 11.4. The molecule has 0 aliphatic rings. The lowest BCUT2D eigenvalue weighted by Gasteiger charge is -2.21. The van der Waals surface area contributed by atoms with Gasteiger partial charge in [0.15, 0.2) is 0 Å². The standard InChI is InChI=1S/C17H22N2O5/c1-19(2)17(22)18-14(11-13-7-5-4-6-8-13)12-24-16(21)10-9-15(20)23-3/h4-10,14H,11-12H2,1-3H3,(H,18,22)/b10-9+/t14-/m1/s1. The average molecular weight is 334 g/mol. The molecule has 1 rings (SSSR count). The van der Waals surface area contributed by atoms with Crippen LogP contribution in [0.3, 0.4) is 0 Å². The van der Waals surface area contributed by atoms with E-state index >= 15 is 0 Å². The molecule has 1 aromatic rings. The summed E-state index contributed by atoms with van der Waals surface area (Å²) in [6.45, 7) is -0.0151. The van der Waals surface area contributed by atoms with Gasteiger partial charge in [-0.3, -0.25) is 0 Å². The van der Waals surface area contributed by atoms with Gasteiger partial charge < -0.3 is 19.7 Å². The molecule has 1 N–H and O–H groups in total. The summed E-state index contributed by atoms with van der Waals surface area (Å²) in [5.74, 6) is -1.33. The van der Waals surface area contributed by atoms with Crippen LogP contribution in [0.15, 0.2) is 42.5 Å². The lowest BCUT2D eigenvalue weighted by molar-refractivity contribution is -0.139. The van der Waals surface area contributed by atoms with E-state index in [0.29, 0.717) is 6.42 Å². The van der Waals surface area contributed by atoms with Crippen LogP contribution in [0.4, 0.5) is 4.79 Å². The number of nitrogens with zero attached hydrogens (tertiary/aromatic N) is 1. The third kappa shape index (κ3) is 7.44. The highest BCUT2D eigenvalue weighted by Gasteiger charge is 2.16. The predicted octanol–water partition coefficient (Wildman–Crippen LogP) is 1.14. The number of methoxy groups -OCH3 is 1. The zero-order valence-electron chi connectivity index (χ0n) is 14.0. The first-order valence-electron chi connectivity index (χ1n) is 7.37. The van der Waals surface area contributed by atoms with Crippen molar-refractivity contribution < 1.29 is 23.9 Å². The van der Waals surface area contributed by atoms with E-state index in [1.807, 2.05) is 30.3 Å². The highest BCUT2D eigenvalue weighted by atomic mass is 16.5. The van der Waals surface area contributed by atoms with Gasteiger partial charge in [-0.25, -0.2) is 14.4 Å². The Morgan fingerprint density at radius 1 is 1.12 bits per heavy atom. The van der Waals surface area contributed by atoms with E-state index in [1.165, 1.54) is 12.0 Å². The predicted molar refractivity (Wildman–Crippen MR) is 88.3 cm³/mol. The van der Waals surface area contributed by atoms with E-state index < -0.39 is 18.0 Å². The molecule has 0 heterocycles. The van der Waals surface area contributed by atoms with Gasteiger partial charge in [-0.15, -0.1) is 0 Å². The summed E-state index contributed by atoms with van der Waals surface area (Å²) >= 11 is 0. The van der Waals surface area contributed by atoms with Crippen LogP contribution in [0.5, 0.6) is 0 Å². The number of carbonyl (C=O) groups is 3. The molecule has 7 nitrogen and oxygen atoms in total. The Labute approximate surface area is 141 Å². The van der Waals surface area contributed by atoms with Crippen LogP contribution in [0.25, 0.3) is 0 Å². The van der Waals surface area contributed by atoms with Crippen LogP contribution >= 0.6 is 0 Å². The molecule has 1 atom stereocenters. The van der Waals surface area contributed by atoms with Crippen LogP contribution in [0.1, 0.15) is 5.56 Å². The number of esters is 2. The molecule has 0 aliphatic heterocycles. The zero-order valence-corrected chi connectivity index (χ0v) is 14.0. The Kier molecular flexibility index (Phi) is 8.04. The highest BCUT2D eigenvalue weighted by Crippen LogP contribution is 2.04. The summed E-state index contributed by atoms with van der Waals surface area (Å²) in [5.41, 5.74) is 1.00. The molecule has 0 bridgehead atoms. The fourth-order valence-electron chi connectivity index (χ4n) is 1.79. The largest absolute Gasteiger partial charge is 0.466 e. The summed E-state index contributed by atoms with van der Waals surface area (Å²) in [6, 6.07) is 8.86. The molecule has 0 aromatic heterocycles. The molecule has 0 spiro atoms. The number of carbonyl (C=O) groups excluding carboxylic acids is 3. The van der Waals surface area contributed by atoms with Crippen molar-refractivity contribution in [3.63, 3.8) is 0 Å². The number of hydrogen-bond acceptors (Lipinski definition) is 5. The molecule has 7 heteroatoms. The van der Waals surface area contributed by atoms with E-state index in [9.17, 15) is 14.4 Å². The molecule has 130 valence electrons. The van der Waals surface area contributed by atoms with Crippen molar-refractivity contribution in [2.24, 2.45) is 0 Å². The first kappa shape index (κ1) is 19.2. The average Bonchev–Trinajstić information content (AvgIpc) is 2.58. The lowest BCUT2D eigenvalue weighted by Crippen LogP contribution is -2.45. The Balaban J connectivity index is 2.64. The molecule has 0 unspecified atom stereocenters. The first-order valence-corrected chi connectivity index (χ1v) is 7.37. The fraction of sp³-hybridized carbons (Fsp3) is 0.353. The summed E-state index contributed by atoms with van der Waals surface area (Å²) in [5, 5.41) is 2.79. The normalized spacial score (nSPS) is 11.6. The molecular formula is C17H22N2O5. The van der Waals surface area contributed by atoms with Gasteiger partial charge in [-0.1, -0.05) is 30.3 Å². The highest BCUT2D eigenvalue weighted by molar-refractivity contribution is 5.91. The van der Waals surface area contributed by atoms with Gasteiger partial charge in [0, 0.05) is 26.2 Å². The molecular weight excluding hydrogens is 312 g/mol. The number of benzene rings is 1. The second-order valence-electron chi connectivity index (χ2n) is 5.22. The smallest absolute Gasteiger partial charge is 0.331 e. The van der Waals surface area contributed by atoms with E-state index in [1.54, 1.807) is 14.1 Å². The van der Waals surface area contributed by atoms with E-state index in [0.717, 1.165) is 17.7 Å². The molecule has 0 aliphatic carbocycles. The van der Waals surface area contributed by atoms with E-state index in [-0.39, 0.29) is 12.6 Å². The second-order valence-corrected chi connectivity index (χ2v) is 5.22.